The number of aromatic nitrogens is 5. The molecule has 0 atom stereocenters. The number of H-pyrrole nitrogens is 1. The zero-order valence-electron chi connectivity index (χ0n) is 11.6. The van der Waals surface area contributed by atoms with Crippen LogP contribution >= 0.6 is 11.8 Å². The zero-order valence-corrected chi connectivity index (χ0v) is 12.4. The van der Waals surface area contributed by atoms with Gasteiger partial charge >= 0.3 is 6.01 Å². The number of nitrogens with zero attached hydrogens (tertiary/aromatic N) is 4. The molecule has 0 radical (unpaired) electrons. The van der Waals surface area contributed by atoms with Crippen LogP contribution in [0.25, 0.3) is 0 Å². The van der Waals surface area contributed by atoms with Gasteiger partial charge in [-0.05, 0) is 18.2 Å². The monoisotopic (exact) mass is 309 g/mol. The van der Waals surface area contributed by atoms with E-state index >= 15 is 0 Å². The highest BCUT2D eigenvalue weighted by Crippen LogP contribution is 2.22. The first-order valence-electron chi connectivity index (χ1n) is 6.22. The standard InChI is InChI=1S/C11H15N7O2S/c1-3-4-20-9-16-8(13-2)17-11(18-9)21-10-14-6(12)5-7(19)15-10/h5H,3-4H2,1-2H3,(H3,12,14,15,19)(H,13,16,17,18). The Morgan fingerprint density at radius 3 is 2.86 bits per heavy atom. The van der Waals surface area contributed by atoms with Crippen LogP contribution in [0.4, 0.5) is 11.8 Å². The van der Waals surface area contributed by atoms with E-state index in [1.165, 1.54) is 6.07 Å². The summed E-state index contributed by atoms with van der Waals surface area (Å²) < 4.78 is 5.39. The van der Waals surface area contributed by atoms with Crippen molar-refractivity contribution < 1.29 is 4.74 Å². The van der Waals surface area contributed by atoms with E-state index in [4.69, 9.17) is 10.5 Å². The normalized spacial score (nSPS) is 10.4. The lowest BCUT2D eigenvalue weighted by Crippen LogP contribution is -2.10. The van der Waals surface area contributed by atoms with Gasteiger partial charge in [0.15, 0.2) is 5.16 Å². The maximum absolute atomic E-state index is 11.4. The lowest BCUT2D eigenvalue weighted by atomic mass is 10.5. The van der Waals surface area contributed by atoms with Crippen LogP contribution in [0.1, 0.15) is 13.3 Å². The van der Waals surface area contributed by atoms with Crippen molar-refractivity contribution in [2.45, 2.75) is 23.7 Å². The van der Waals surface area contributed by atoms with E-state index in [2.05, 4.69) is 30.2 Å². The summed E-state index contributed by atoms with van der Waals surface area (Å²) in [5, 5.41) is 3.46. The molecule has 0 saturated heterocycles. The van der Waals surface area contributed by atoms with Gasteiger partial charge in [0.25, 0.3) is 5.56 Å². The molecular weight excluding hydrogens is 294 g/mol. The highest BCUT2D eigenvalue weighted by Gasteiger charge is 2.10. The van der Waals surface area contributed by atoms with Crippen molar-refractivity contribution in [3.05, 3.63) is 16.4 Å². The second kappa shape index (κ2) is 6.88. The highest BCUT2D eigenvalue weighted by atomic mass is 32.2. The van der Waals surface area contributed by atoms with Crippen molar-refractivity contribution in [3.63, 3.8) is 0 Å². The molecule has 112 valence electrons. The molecule has 0 saturated carbocycles. The van der Waals surface area contributed by atoms with Crippen LogP contribution in [-0.4, -0.2) is 38.6 Å². The van der Waals surface area contributed by atoms with Crippen LogP contribution in [0.2, 0.25) is 0 Å². The van der Waals surface area contributed by atoms with Gasteiger partial charge in [-0.1, -0.05) is 6.92 Å². The molecule has 0 fully saturated rings. The van der Waals surface area contributed by atoms with E-state index in [9.17, 15) is 4.79 Å². The topological polar surface area (TPSA) is 132 Å². The smallest absolute Gasteiger partial charge is 0.322 e. The second-order valence-corrected chi connectivity index (χ2v) is 4.86. The Bertz CT molecular complexity index is 676. The summed E-state index contributed by atoms with van der Waals surface area (Å²) in [6.45, 7) is 2.49. The van der Waals surface area contributed by atoms with Gasteiger partial charge in [0.1, 0.15) is 5.82 Å². The Morgan fingerprint density at radius 2 is 2.19 bits per heavy atom. The third-order valence-electron chi connectivity index (χ3n) is 2.18. The summed E-state index contributed by atoms with van der Waals surface area (Å²) in [5.74, 6) is 0.497. The SMILES string of the molecule is CCCOc1nc(NC)nc(Sc2nc(N)cc(=O)[nH]2)n1. The first-order chi connectivity index (χ1) is 10.1. The van der Waals surface area contributed by atoms with Crippen molar-refractivity contribution in [1.29, 1.82) is 0 Å². The molecular formula is C11H15N7O2S. The minimum atomic E-state index is -0.338. The van der Waals surface area contributed by atoms with E-state index in [0.717, 1.165) is 18.2 Å². The number of hydrogen-bond donors (Lipinski definition) is 3. The molecule has 0 spiro atoms. The molecule has 2 rings (SSSR count). The quantitative estimate of drug-likeness (QED) is 0.653. The molecule has 0 aliphatic rings. The Hall–Kier alpha value is -2.36. The second-order valence-electron chi connectivity index (χ2n) is 3.90. The van der Waals surface area contributed by atoms with E-state index < -0.39 is 0 Å². The van der Waals surface area contributed by atoms with Crippen LogP contribution in [-0.2, 0) is 0 Å². The van der Waals surface area contributed by atoms with Crippen molar-refractivity contribution >= 4 is 23.5 Å². The van der Waals surface area contributed by atoms with Gasteiger partial charge < -0.3 is 20.8 Å². The number of anilines is 2. The van der Waals surface area contributed by atoms with E-state index in [0.29, 0.717) is 22.9 Å². The van der Waals surface area contributed by atoms with Crippen molar-refractivity contribution in [2.24, 2.45) is 0 Å². The molecule has 10 heteroatoms. The minimum absolute atomic E-state index is 0.131. The number of ether oxygens (including phenoxy) is 1. The first kappa shape index (κ1) is 15.0. The summed E-state index contributed by atoms with van der Waals surface area (Å²) in [4.78, 5) is 30.3. The van der Waals surface area contributed by atoms with Gasteiger partial charge in [-0.15, -0.1) is 0 Å². The Kier molecular flexibility index (Phi) is 4.93. The molecule has 0 aliphatic heterocycles. The highest BCUT2D eigenvalue weighted by molar-refractivity contribution is 7.99. The lowest BCUT2D eigenvalue weighted by molar-refractivity contribution is 0.288. The molecule has 2 aromatic heterocycles. The summed E-state index contributed by atoms with van der Waals surface area (Å²) >= 11 is 1.06. The number of hydrogen-bond acceptors (Lipinski definition) is 9. The molecule has 9 nitrogen and oxygen atoms in total. The fourth-order valence-corrected chi connectivity index (χ4v) is 2.07. The first-order valence-corrected chi connectivity index (χ1v) is 7.03. The van der Waals surface area contributed by atoms with Crippen molar-refractivity contribution in [3.8, 4) is 6.01 Å². The van der Waals surface area contributed by atoms with Crippen LogP contribution in [0, 0.1) is 0 Å². The van der Waals surface area contributed by atoms with Crippen LogP contribution in [0.5, 0.6) is 6.01 Å². The number of nitrogens with two attached hydrogens (primary N) is 1. The molecule has 0 amide bonds. The molecule has 0 aromatic carbocycles. The van der Waals surface area contributed by atoms with E-state index in [1.54, 1.807) is 7.05 Å². The van der Waals surface area contributed by atoms with Gasteiger partial charge in [0.05, 0.1) is 6.61 Å². The van der Waals surface area contributed by atoms with Gasteiger partial charge in [0, 0.05) is 13.1 Å². The molecule has 21 heavy (non-hydrogen) atoms. The van der Waals surface area contributed by atoms with Gasteiger partial charge in [0.2, 0.25) is 11.1 Å². The number of nitrogen functional groups attached to an aromatic ring is 1. The van der Waals surface area contributed by atoms with Crippen molar-refractivity contribution in [1.82, 2.24) is 24.9 Å². The molecule has 4 N–H and O–H groups in total. The predicted octanol–water partition coefficient (Wildman–Crippen LogP) is 0.519. The van der Waals surface area contributed by atoms with E-state index in [1.807, 2.05) is 6.92 Å². The van der Waals surface area contributed by atoms with E-state index in [-0.39, 0.29) is 17.4 Å². The molecule has 2 aromatic rings. The summed E-state index contributed by atoms with van der Waals surface area (Å²) in [6.07, 6.45) is 0.840. The number of nitrogens with one attached hydrogen (secondary N) is 2. The van der Waals surface area contributed by atoms with Crippen LogP contribution in [0.3, 0.4) is 0 Å². The number of aromatic amines is 1. The average molecular weight is 309 g/mol. The molecule has 0 bridgehead atoms. The fraction of sp³-hybridized carbons (Fsp3) is 0.364. The minimum Gasteiger partial charge on any atom is -0.463 e. The van der Waals surface area contributed by atoms with Gasteiger partial charge in [-0.2, -0.15) is 15.0 Å². The van der Waals surface area contributed by atoms with Crippen molar-refractivity contribution in [2.75, 3.05) is 24.7 Å². The summed E-state index contributed by atoms with van der Waals surface area (Å²) in [7, 11) is 1.69. The molecule has 2 heterocycles. The lowest BCUT2D eigenvalue weighted by Gasteiger charge is -2.06. The Morgan fingerprint density at radius 1 is 1.38 bits per heavy atom. The average Bonchev–Trinajstić information content (AvgIpc) is 2.43. The number of rotatable bonds is 6. The fourth-order valence-electron chi connectivity index (χ4n) is 1.34. The Labute approximate surface area is 124 Å². The summed E-state index contributed by atoms with van der Waals surface area (Å²) in [6, 6.07) is 1.41. The largest absolute Gasteiger partial charge is 0.463 e. The molecule has 0 aliphatic carbocycles. The third kappa shape index (κ3) is 4.31. The predicted molar refractivity (Wildman–Crippen MR) is 78.6 cm³/mol. The zero-order chi connectivity index (χ0) is 15.2. The van der Waals surface area contributed by atoms with Gasteiger partial charge in [-0.25, -0.2) is 4.98 Å². The van der Waals surface area contributed by atoms with Crippen LogP contribution in [0.15, 0.2) is 21.2 Å². The maximum atomic E-state index is 11.4. The van der Waals surface area contributed by atoms with Crippen LogP contribution < -0.4 is 21.3 Å². The Balaban J connectivity index is 2.27. The molecule has 0 unspecified atom stereocenters. The summed E-state index contributed by atoms with van der Waals surface area (Å²) in [5.41, 5.74) is 5.19. The third-order valence-corrected chi connectivity index (χ3v) is 2.93. The van der Waals surface area contributed by atoms with Gasteiger partial charge in [-0.3, -0.25) is 4.79 Å². The maximum Gasteiger partial charge on any atom is 0.322 e.